The van der Waals surface area contributed by atoms with E-state index < -0.39 is 21.9 Å². The topological polar surface area (TPSA) is 71.3 Å². The highest BCUT2D eigenvalue weighted by atomic mass is 35.6. The van der Waals surface area contributed by atoms with Crippen LogP contribution in [-0.2, 0) is 15.6 Å². The Balaban J connectivity index is 3.39. The van der Waals surface area contributed by atoms with Crippen LogP contribution in [0.5, 0.6) is 5.75 Å². The van der Waals surface area contributed by atoms with Crippen LogP contribution >= 0.6 is 34.8 Å². The molecule has 0 heterocycles. The first kappa shape index (κ1) is 22.7. The maximum absolute atomic E-state index is 12.1. The zero-order valence-electron chi connectivity index (χ0n) is 15.7. The third-order valence-electron chi connectivity index (χ3n) is 3.72. The number of methoxy groups -OCH3 is 1. The van der Waals surface area contributed by atoms with E-state index in [2.05, 4.69) is 11.4 Å². The fourth-order valence-electron chi connectivity index (χ4n) is 2.19. The fraction of sp³-hybridized carbons (Fsp3) is 0.556. The predicted molar refractivity (Wildman–Crippen MR) is 106 cm³/mol. The summed E-state index contributed by atoms with van der Waals surface area (Å²) in [5, 5.41) is 12.2. The largest absolute Gasteiger partial charge is 0.494 e. The van der Waals surface area contributed by atoms with E-state index in [1.165, 1.54) is 7.11 Å². The summed E-state index contributed by atoms with van der Waals surface area (Å²) in [5.74, 6) is 0.385. The molecule has 0 unspecified atom stereocenters. The monoisotopic (exact) mass is 420 g/mol. The molecule has 0 fully saturated rings. The van der Waals surface area contributed by atoms with Gasteiger partial charge in [0.15, 0.2) is 0 Å². The smallest absolute Gasteiger partial charge is 0.411 e. The highest BCUT2D eigenvalue weighted by molar-refractivity contribution is 6.67. The summed E-state index contributed by atoms with van der Waals surface area (Å²) >= 11 is 16.8. The van der Waals surface area contributed by atoms with Gasteiger partial charge in [-0.05, 0) is 37.0 Å². The van der Waals surface area contributed by atoms with Gasteiger partial charge >= 0.3 is 6.09 Å². The van der Waals surface area contributed by atoms with Gasteiger partial charge in [0, 0.05) is 5.56 Å². The van der Waals surface area contributed by atoms with Gasteiger partial charge in [-0.2, -0.15) is 5.26 Å². The summed E-state index contributed by atoms with van der Waals surface area (Å²) in [5.41, 5.74) is 0.919. The van der Waals surface area contributed by atoms with E-state index in [4.69, 9.17) is 44.3 Å². The first-order valence-electron chi connectivity index (χ1n) is 7.86. The Morgan fingerprint density at radius 1 is 1.19 bits per heavy atom. The third kappa shape index (κ3) is 6.12. The second kappa shape index (κ2) is 8.12. The molecule has 1 aromatic rings. The summed E-state index contributed by atoms with van der Waals surface area (Å²) in [4.78, 5) is 12.1. The summed E-state index contributed by atoms with van der Waals surface area (Å²) < 4.78 is 8.69. The molecule has 0 spiro atoms. The minimum atomic E-state index is -1.71. The van der Waals surface area contributed by atoms with E-state index in [0.29, 0.717) is 17.0 Å². The number of carbonyl (C=O) groups excluding carboxylic acids is 1. The van der Waals surface area contributed by atoms with Gasteiger partial charge in [0.1, 0.15) is 12.4 Å². The molecule has 0 radical (unpaired) electrons. The maximum atomic E-state index is 12.1. The van der Waals surface area contributed by atoms with Crippen molar-refractivity contribution >= 4 is 46.6 Å². The number of anilines is 1. The molecule has 0 aromatic heterocycles. The van der Waals surface area contributed by atoms with Gasteiger partial charge in [0.05, 0.1) is 24.3 Å². The number of carbonyl (C=O) groups is 1. The van der Waals surface area contributed by atoms with Gasteiger partial charge in [0.2, 0.25) is 3.79 Å². The Morgan fingerprint density at radius 2 is 1.77 bits per heavy atom. The molecule has 1 aromatic carbocycles. The number of nitrogens with one attached hydrogen (secondary N) is 1. The Kier molecular flexibility index (Phi) is 7.09. The van der Waals surface area contributed by atoms with E-state index in [0.717, 1.165) is 5.56 Å². The van der Waals surface area contributed by atoms with E-state index in [-0.39, 0.29) is 5.41 Å². The van der Waals surface area contributed by atoms with Crippen molar-refractivity contribution in [2.24, 2.45) is 0 Å². The summed E-state index contributed by atoms with van der Waals surface area (Å²) in [6, 6.07) is 5.96. The van der Waals surface area contributed by atoms with Crippen molar-refractivity contribution in [3.05, 3.63) is 23.3 Å². The molecule has 0 aliphatic rings. The normalized spacial score (nSPS) is 12.3. The number of benzene rings is 1. The molecule has 0 bridgehead atoms. The van der Waals surface area contributed by atoms with E-state index in [1.807, 2.05) is 26.8 Å². The van der Waals surface area contributed by atoms with Gasteiger partial charge < -0.3 is 9.47 Å². The van der Waals surface area contributed by atoms with Crippen molar-refractivity contribution in [3.8, 4) is 11.8 Å². The van der Waals surface area contributed by atoms with Crippen LogP contribution in [0.4, 0.5) is 10.5 Å². The van der Waals surface area contributed by atoms with Crippen LogP contribution in [0.2, 0.25) is 0 Å². The molecule has 26 heavy (non-hydrogen) atoms. The molecule has 0 aliphatic heterocycles. The van der Waals surface area contributed by atoms with E-state index in [9.17, 15) is 10.1 Å². The molecule has 8 heteroatoms. The van der Waals surface area contributed by atoms with Crippen LogP contribution in [0.25, 0.3) is 0 Å². The first-order chi connectivity index (χ1) is 11.7. The van der Waals surface area contributed by atoms with Crippen LogP contribution in [0, 0.1) is 11.3 Å². The zero-order valence-corrected chi connectivity index (χ0v) is 17.9. The average Bonchev–Trinajstić information content (AvgIpc) is 2.50. The maximum Gasteiger partial charge on any atom is 0.411 e. The molecular formula is C18H23Cl3N2O3. The predicted octanol–water partition coefficient (Wildman–Crippen LogP) is 5.71. The van der Waals surface area contributed by atoms with Crippen molar-refractivity contribution in [3.63, 3.8) is 0 Å². The quantitative estimate of drug-likeness (QED) is 0.632. The second-order valence-electron chi connectivity index (χ2n) is 7.41. The van der Waals surface area contributed by atoms with Crippen molar-refractivity contribution in [1.82, 2.24) is 0 Å². The molecule has 5 nitrogen and oxygen atoms in total. The van der Waals surface area contributed by atoms with Gasteiger partial charge in [0.25, 0.3) is 0 Å². The Labute approximate surface area is 169 Å². The molecule has 1 N–H and O–H groups in total. The molecule has 144 valence electrons. The van der Waals surface area contributed by atoms with Crippen LogP contribution in [0.1, 0.15) is 45.7 Å². The molecule has 1 amide bonds. The zero-order chi connectivity index (χ0) is 20.3. The van der Waals surface area contributed by atoms with Gasteiger partial charge in [-0.15, -0.1) is 0 Å². The number of hydrogen-bond donors (Lipinski definition) is 1. The number of rotatable bonds is 4. The van der Waals surface area contributed by atoms with Crippen molar-refractivity contribution in [2.45, 2.75) is 49.2 Å². The number of ether oxygens (including phenoxy) is 2. The molecule has 0 aliphatic carbocycles. The number of amides is 1. The lowest BCUT2D eigenvalue weighted by Gasteiger charge is -2.27. The first-order valence-corrected chi connectivity index (χ1v) is 8.99. The van der Waals surface area contributed by atoms with Gasteiger partial charge in [-0.25, -0.2) is 4.79 Å². The van der Waals surface area contributed by atoms with Gasteiger partial charge in [-0.1, -0.05) is 55.6 Å². The number of hydrogen-bond acceptors (Lipinski definition) is 4. The summed E-state index contributed by atoms with van der Waals surface area (Å²) in [6.07, 6.45) is -0.790. The summed E-state index contributed by atoms with van der Waals surface area (Å²) in [7, 11) is 1.47. The minimum Gasteiger partial charge on any atom is -0.494 e. The van der Waals surface area contributed by atoms with Crippen LogP contribution < -0.4 is 10.1 Å². The van der Waals surface area contributed by atoms with Crippen LogP contribution in [0.15, 0.2) is 12.1 Å². The fourth-order valence-corrected chi connectivity index (χ4v) is 2.36. The SMILES string of the molecule is COc1c(NC(=O)OCC(Cl)(Cl)Cl)cc(C(C)(C)C)cc1C(C)(C)C#N. The number of nitriles is 1. The number of halogens is 3. The standard InChI is InChI=1S/C18H23Cl3N2O3/c1-16(2,3)11-7-12(17(4,5)9-22)14(25-6)13(8-11)23-15(24)26-10-18(19,20)21/h7-8H,10H2,1-6H3,(H,23,24). The van der Waals surface area contributed by atoms with Crippen molar-refractivity contribution in [2.75, 3.05) is 19.0 Å². The second-order valence-corrected chi connectivity index (χ2v) is 9.92. The molecule has 1 rings (SSSR count). The van der Waals surface area contributed by atoms with Crippen molar-refractivity contribution < 1.29 is 14.3 Å². The molecule has 0 saturated heterocycles. The lowest BCUT2D eigenvalue weighted by Crippen LogP contribution is -2.23. The van der Waals surface area contributed by atoms with Crippen LogP contribution in [0.3, 0.4) is 0 Å². The molecular weight excluding hydrogens is 399 g/mol. The highest BCUT2D eigenvalue weighted by Crippen LogP contribution is 2.41. The average molecular weight is 422 g/mol. The molecule has 0 saturated carbocycles. The van der Waals surface area contributed by atoms with Gasteiger partial charge in [-0.3, -0.25) is 5.32 Å². The van der Waals surface area contributed by atoms with Crippen LogP contribution in [-0.4, -0.2) is 23.6 Å². The Morgan fingerprint density at radius 3 is 2.19 bits per heavy atom. The lowest BCUT2D eigenvalue weighted by molar-refractivity contribution is 0.164. The van der Waals surface area contributed by atoms with E-state index in [1.54, 1.807) is 19.9 Å². The van der Waals surface area contributed by atoms with Crippen molar-refractivity contribution in [1.29, 1.82) is 5.26 Å². The lowest BCUT2D eigenvalue weighted by atomic mass is 9.79. The third-order valence-corrected chi connectivity index (χ3v) is 4.04. The summed E-state index contributed by atoms with van der Waals surface area (Å²) in [6.45, 7) is 9.25. The Bertz CT molecular complexity index is 714. The highest BCUT2D eigenvalue weighted by Gasteiger charge is 2.30. The van der Waals surface area contributed by atoms with E-state index >= 15 is 0 Å². The number of nitrogens with zero attached hydrogens (tertiary/aromatic N) is 1. The number of alkyl halides is 3. The minimum absolute atomic E-state index is 0.218. The molecule has 0 atom stereocenters. The Hall–Kier alpha value is -1.35.